The number of carbonyl (C=O) groups excluding carboxylic acids is 1. The van der Waals surface area contributed by atoms with E-state index < -0.39 is 39.1 Å². The Balaban J connectivity index is 4.91. The minimum atomic E-state index is -3.66. The number of aliphatic hydroxyl groups is 1. The van der Waals surface area contributed by atoms with Gasteiger partial charge in [-0.15, -0.1) is 0 Å². The van der Waals surface area contributed by atoms with E-state index in [1.54, 1.807) is 0 Å². The maximum absolute atomic E-state index is 11.7. The molecule has 0 saturated carbocycles. The first-order valence-electron chi connectivity index (χ1n) is 4.88. The highest BCUT2D eigenvalue weighted by Gasteiger charge is 2.40. The van der Waals surface area contributed by atoms with Crippen molar-refractivity contribution in [3.8, 4) is 0 Å². The van der Waals surface area contributed by atoms with Gasteiger partial charge in [0.05, 0.1) is 0 Å². The zero-order valence-corrected chi connectivity index (χ0v) is 10.7. The summed E-state index contributed by atoms with van der Waals surface area (Å²) in [5.74, 6) is -2.22. The fourth-order valence-corrected chi connectivity index (χ4v) is 1.28. The average Bonchev–Trinajstić information content (AvgIpc) is 2.14. The number of aliphatic carboxylic acids is 1. The first kappa shape index (κ1) is 15.9. The number of hydrogen-bond acceptors (Lipinski definition) is 5. The van der Waals surface area contributed by atoms with Gasteiger partial charge in [-0.1, -0.05) is 0 Å². The third kappa shape index (κ3) is 3.97. The molecule has 7 nitrogen and oxygen atoms in total. The molecule has 0 aliphatic rings. The Morgan fingerprint density at radius 1 is 1.35 bits per heavy atom. The van der Waals surface area contributed by atoms with Crippen molar-refractivity contribution < 1.29 is 28.2 Å². The molecule has 3 N–H and O–H groups in total. The van der Waals surface area contributed by atoms with E-state index in [2.05, 4.69) is 5.32 Å². The number of sulfone groups is 1. The number of aliphatic hydroxyl groups excluding tert-OH is 1. The van der Waals surface area contributed by atoms with Crippen LogP contribution in [0.15, 0.2) is 0 Å². The summed E-state index contributed by atoms with van der Waals surface area (Å²) in [5, 5.41) is 19.5. The van der Waals surface area contributed by atoms with Crippen LogP contribution in [0.5, 0.6) is 0 Å². The van der Waals surface area contributed by atoms with Gasteiger partial charge in [0.15, 0.2) is 9.84 Å². The Hall–Kier alpha value is -1.15. The fourth-order valence-electron chi connectivity index (χ4n) is 0.887. The number of carboxylic acids is 1. The Morgan fingerprint density at radius 3 is 2.12 bits per heavy atom. The van der Waals surface area contributed by atoms with Crippen LogP contribution in [0.25, 0.3) is 0 Å². The Kier molecular flexibility index (Phi) is 5.09. The van der Waals surface area contributed by atoms with Crippen LogP contribution in [-0.2, 0) is 19.4 Å². The highest BCUT2D eigenvalue weighted by atomic mass is 32.2. The molecule has 100 valence electrons. The summed E-state index contributed by atoms with van der Waals surface area (Å²) in [7, 11) is -3.66. The number of carbonyl (C=O) groups is 2. The number of hydrogen-bond donors (Lipinski definition) is 3. The van der Waals surface area contributed by atoms with Crippen LogP contribution in [0, 0.1) is 0 Å². The molecule has 0 spiro atoms. The van der Waals surface area contributed by atoms with Crippen molar-refractivity contribution in [2.45, 2.75) is 31.1 Å². The van der Waals surface area contributed by atoms with Crippen molar-refractivity contribution in [1.82, 2.24) is 5.32 Å². The number of rotatable bonds is 6. The molecule has 0 aromatic carbocycles. The predicted octanol–water partition coefficient (Wildman–Crippen LogP) is -1.24. The topological polar surface area (TPSA) is 121 Å². The number of amides is 1. The van der Waals surface area contributed by atoms with E-state index in [1.165, 1.54) is 13.8 Å². The second-order valence-corrected chi connectivity index (χ2v) is 6.72. The van der Waals surface area contributed by atoms with Gasteiger partial charge in [-0.25, -0.2) is 13.2 Å². The predicted molar refractivity (Wildman–Crippen MR) is 60.2 cm³/mol. The highest BCUT2D eigenvalue weighted by Crippen LogP contribution is 2.15. The van der Waals surface area contributed by atoms with Crippen LogP contribution >= 0.6 is 0 Å². The molecular weight excluding hydrogens is 250 g/mol. The third-order valence-electron chi connectivity index (χ3n) is 2.49. The van der Waals surface area contributed by atoms with Gasteiger partial charge in [0.2, 0.25) is 5.91 Å². The van der Waals surface area contributed by atoms with Crippen LogP contribution < -0.4 is 5.32 Å². The summed E-state index contributed by atoms with van der Waals surface area (Å²) in [4.78, 5) is 22.4. The molecule has 1 amide bonds. The van der Waals surface area contributed by atoms with Crippen LogP contribution in [0.4, 0.5) is 0 Å². The summed E-state index contributed by atoms with van der Waals surface area (Å²) >= 11 is 0. The Bertz CT molecular complexity index is 400. The molecule has 0 aliphatic heterocycles. The zero-order chi connectivity index (χ0) is 13.9. The van der Waals surface area contributed by atoms with E-state index in [0.717, 1.165) is 6.26 Å². The molecule has 8 heteroatoms. The third-order valence-corrected chi connectivity index (χ3v) is 4.53. The minimum Gasteiger partial charge on any atom is -0.480 e. The molecule has 1 unspecified atom stereocenters. The van der Waals surface area contributed by atoms with Gasteiger partial charge in [-0.3, -0.25) is 4.79 Å². The summed E-state index contributed by atoms with van der Waals surface area (Å²) in [6, 6.07) is -1.30. The summed E-state index contributed by atoms with van der Waals surface area (Å²) < 4.78 is 21.0. The standard InChI is InChI=1S/C9H17NO6S/c1-9(2,17(3,15)16)8(14)10-6(4-5-11)7(12)13/h6,11H,4-5H2,1-3H3,(H,10,14)(H,12,13). The monoisotopic (exact) mass is 267 g/mol. The molecule has 0 aliphatic carbocycles. The number of carboxylic acid groups (broad SMARTS) is 1. The van der Waals surface area contributed by atoms with E-state index in [0.29, 0.717) is 0 Å². The lowest BCUT2D eigenvalue weighted by Gasteiger charge is -2.23. The van der Waals surface area contributed by atoms with Gasteiger partial charge >= 0.3 is 5.97 Å². The van der Waals surface area contributed by atoms with E-state index in [1.807, 2.05) is 0 Å². The lowest BCUT2D eigenvalue weighted by atomic mass is 10.1. The van der Waals surface area contributed by atoms with Crippen LogP contribution in [0.2, 0.25) is 0 Å². The Labute approximate surface area is 99.7 Å². The van der Waals surface area contributed by atoms with E-state index in [4.69, 9.17) is 10.2 Å². The van der Waals surface area contributed by atoms with Gasteiger partial charge in [-0.2, -0.15) is 0 Å². The maximum Gasteiger partial charge on any atom is 0.326 e. The van der Waals surface area contributed by atoms with Gasteiger partial charge in [0, 0.05) is 19.3 Å². The Morgan fingerprint density at radius 2 is 1.82 bits per heavy atom. The molecule has 0 aromatic rings. The first-order valence-corrected chi connectivity index (χ1v) is 6.77. The lowest BCUT2D eigenvalue weighted by molar-refractivity contribution is -0.142. The molecule has 0 saturated heterocycles. The first-order chi connectivity index (χ1) is 7.54. The molecule has 0 bridgehead atoms. The summed E-state index contributed by atoms with van der Waals surface area (Å²) in [6.45, 7) is 1.96. The normalized spacial score (nSPS) is 14.1. The second kappa shape index (κ2) is 5.46. The molecule has 0 heterocycles. The fraction of sp³-hybridized carbons (Fsp3) is 0.778. The minimum absolute atomic E-state index is 0.180. The van der Waals surface area contributed by atoms with Gasteiger partial charge in [-0.05, 0) is 13.8 Å². The van der Waals surface area contributed by atoms with Crippen LogP contribution in [-0.4, -0.2) is 54.2 Å². The molecule has 1 atom stereocenters. The van der Waals surface area contributed by atoms with Crippen molar-refractivity contribution in [2.24, 2.45) is 0 Å². The summed E-state index contributed by atoms with van der Waals surface area (Å²) in [6.07, 6.45) is 0.718. The van der Waals surface area contributed by atoms with Crippen LogP contribution in [0.3, 0.4) is 0 Å². The zero-order valence-electron chi connectivity index (χ0n) is 9.93. The molecule has 0 radical (unpaired) electrons. The number of nitrogens with one attached hydrogen (secondary N) is 1. The van der Waals surface area contributed by atoms with Crippen LogP contribution in [0.1, 0.15) is 20.3 Å². The van der Waals surface area contributed by atoms with Crippen molar-refractivity contribution >= 4 is 21.7 Å². The van der Waals surface area contributed by atoms with E-state index in [9.17, 15) is 18.0 Å². The molecule has 17 heavy (non-hydrogen) atoms. The van der Waals surface area contributed by atoms with Crippen molar-refractivity contribution in [3.05, 3.63) is 0 Å². The van der Waals surface area contributed by atoms with Gasteiger partial charge < -0.3 is 15.5 Å². The highest BCUT2D eigenvalue weighted by molar-refractivity contribution is 7.92. The smallest absolute Gasteiger partial charge is 0.326 e. The maximum atomic E-state index is 11.7. The summed E-state index contributed by atoms with van der Waals surface area (Å²) in [5.41, 5.74) is 0. The molecule has 0 fully saturated rings. The second-order valence-electron chi connectivity index (χ2n) is 4.16. The quantitative estimate of drug-likeness (QED) is 0.553. The van der Waals surface area contributed by atoms with Gasteiger partial charge in [0.1, 0.15) is 10.8 Å². The van der Waals surface area contributed by atoms with Gasteiger partial charge in [0.25, 0.3) is 0 Å². The lowest BCUT2D eigenvalue weighted by Crippen LogP contribution is -2.53. The molecule has 0 aromatic heterocycles. The van der Waals surface area contributed by atoms with Crippen molar-refractivity contribution in [2.75, 3.05) is 12.9 Å². The SMILES string of the molecule is CC(C)(C(=O)NC(CCO)C(=O)O)S(C)(=O)=O. The average molecular weight is 267 g/mol. The van der Waals surface area contributed by atoms with E-state index in [-0.39, 0.29) is 6.42 Å². The molecular formula is C9H17NO6S. The van der Waals surface area contributed by atoms with Crippen molar-refractivity contribution in [3.63, 3.8) is 0 Å². The van der Waals surface area contributed by atoms with Crippen molar-refractivity contribution in [1.29, 1.82) is 0 Å². The van der Waals surface area contributed by atoms with E-state index >= 15 is 0 Å². The molecule has 0 rings (SSSR count). The largest absolute Gasteiger partial charge is 0.480 e.